The number of rotatable bonds is 9. The number of aliphatic hydroxyl groups is 5. The molecule has 0 aromatic heterocycles. The fourth-order valence-corrected chi connectivity index (χ4v) is 1.84. The molecule has 1 aromatic rings. The van der Waals surface area contributed by atoms with Crippen molar-refractivity contribution in [2.45, 2.75) is 24.4 Å². The summed E-state index contributed by atoms with van der Waals surface area (Å²) in [6.07, 6.45) is -4.44. The van der Waals surface area contributed by atoms with E-state index in [1.165, 1.54) is 31.4 Å². The van der Waals surface area contributed by atoms with Gasteiger partial charge in [0.1, 0.15) is 31.0 Å². The molecular formula is C16H22O9. The Morgan fingerprint density at radius 3 is 2.40 bits per heavy atom. The summed E-state index contributed by atoms with van der Waals surface area (Å²) < 4.78 is 9.64. The number of esters is 1. The first-order chi connectivity index (χ1) is 11.8. The van der Waals surface area contributed by atoms with Crippen molar-refractivity contribution in [1.82, 2.24) is 0 Å². The van der Waals surface area contributed by atoms with Crippen LogP contribution in [0.25, 0.3) is 6.08 Å². The van der Waals surface area contributed by atoms with E-state index in [0.29, 0.717) is 5.56 Å². The maximum atomic E-state index is 11.6. The Hall–Kier alpha value is -2.17. The first-order valence-electron chi connectivity index (χ1n) is 7.35. The molecule has 0 aliphatic rings. The van der Waals surface area contributed by atoms with Crippen molar-refractivity contribution in [2.24, 2.45) is 0 Å². The number of carbonyl (C=O) groups is 1. The van der Waals surface area contributed by atoms with Crippen LogP contribution in [0.2, 0.25) is 0 Å². The van der Waals surface area contributed by atoms with Gasteiger partial charge in [-0.05, 0) is 23.8 Å². The van der Waals surface area contributed by atoms with Crippen LogP contribution >= 0.6 is 0 Å². The van der Waals surface area contributed by atoms with E-state index in [4.69, 9.17) is 14.6 Å². The maximum Gasteiger partial charge on any atom is 0.330 e. The molecule has 0 saturated carbocycles. The van der Waals surface area contributed by atoms with E-state index >= 15 is 0 Å². The van der Waals surface area contributed by atoms with E-state index in [0.717, 1.165) is 6.08 Å². The largest absolute Gasteiger partial charge is 0.504 e. The van der Waals surface area contributed by atoms with Crippen molar-refractivity contribution >= 4 is 12.0 Å². The van der Waals surface area contributed by atoms with Gasteiger partial charge in [-0.15, -0.1) is 0 Å². The number of phenols is 1. The van der Waals surface area contributed by atoms with Gasteiger partial charge in [0.15, 0.2) is 11.5 Å². The summed E-state index contributed by atoms with van der Waals surface area (Å²) >= 11 is 0. The van der Waals surface area contributed by atoms with E-state index in [1.807, 2.05) is 0 Å². The van der Waals surface area contributed by atoms with Crippen LogP contribution in [-0.2, 0) is 9.53 Å². The quantitative estimate of drug-likeness (QED) is 0.226. The first-order valence-corrected chi connectivity index (χ1v) is 7.35. The van der Waals surface area contributed by atoms with Crippen LogP contribution in [0.3, 0.4) is 0 Å². The SMILES string of the molecule is COc1cc(C=CC(=O)OC[C@H](O)[C@@H](O)[C@H](O)[C@H](O)CO)ccc1O. The Labute approximate surface area is 144 Å². The van der Waals surface area contributed by atoms with E-state index in [-0.39, 0.29) is 11.5 Å². The molecule has 140 valence electrons. The molecule has 0 aliphatic heterocycles. The minimum Gasteiger partial charge on any atom is -0.504 e. The summed E-state index contributed by atoms with van der Waals surface area (Å²) in [5, 5.41) is 55.9. The van der Waals surface area contributed by atoms with Crippen LogP contribution in [0.1, 0.15) is 5.56 Å². The van der Waals surface area contributed by atoms with Crippen LogP contribution in [0.5, 0.6) is 11.5 Å². The molecule has 0 spiro atoms. The van der Waals surface area contributed by atoms with E-state index in [1.54, 1.807) is 0 Å². The van der Waals surface area contributed by atoms with Crippen molar-refractivity contribution in [3.63, 3.8) is 0 Å². The molecule has 4 atom stereocenters. The van der Waals surface area contributed by atoms with Gasteiger partial charge in [0, 0.05) is 6.08 Å². The number of methoxy groups -OCH3 is 1. The van der Waals surface area contributed by atoms with E-state index in [2.05, 4.69) is 0 Å². The number of hydrogen-bond acceptors (Lipinski definition) is 9. The van der Waals surface area contributed by atoms with Crippen LogP contribution < -0.4 is 4.74 Å². The summed E-state index contributed by atoms with van der Waals surface area (Å²) in [4.78, 5) is 11.6. The molecule has 0 unspecified atom stereocenters. The van der Waals surface area contributed by atoms with Gasteiger partial charge in [0.25, 0.3) is 0 Å². The third-order valence-corrected chi connectivity index (χ3v) is 3.34. The minimum absolute atomic E-state index is 0.0528. The van der Waals surface area contributed by atoms with Crippen LogP contribution in [0.15, 0.2) is 24.3 Å². The average molecular weight is 358 g/mol. The average Bonchev–Trinajstić information content (AvgIpc) is 2.63. The molecule has 9 nitrogen and oxygen atoms in total. The van der Waals surface area contributed by atoms with Crippen molar-refractivity contribution in [3.05, 3.63) is 29.8 Å². The third-order valence-electron chi connectivity index (χ3n) is 3.34. The first kappa shape index (κ1) is 20.9. The molecule has 0 amide bonds. The lowest BCUT2D eigenvalue weighted by Gasteiger charge is -2.25. The molecule has 1 rings (SSSR count). The minimum atomic E-state index is -1.81. The Morgan fingerprint density at radius 1 is 1.16 bits per heavy atom. The van der Waals surface area contributed by atoms with Crippen molar-refractivity contribution < 1.29 is 44.9 Å². The molecule has 0 heterocycles. The molecule has 6 N–H and O–H groups in total. The molecule has 9 heteroatoms. The lowest BCUT2D eigenvalue weighted by molar-refractivity contribution is -0.151. The highest BCUT2D eigenvalue weighted by atomic mass is 16.5. The number of phenolic OH excluding ortho intramolecular Hbond substituents is 1. The number of benzene rings is 1. The molecule has 0 radical (unpaired) electrons. The summed E-state index contributed by atoms with van der Waals surface area (Å²) in [6, 6.07) is 4.41. The van der Waals surface area contributed by atoms with Gasteiger partial charge in [-0.25, -0.2) is 4.79 Å². The van der Waals surface area contributed by atoms with Crippen LogP contribution in [0, 0.1) is 0 Å². The number of carbonyl (C=O) groups excluding carboxylic acids is 1. The predicted molar refractivity (Wildman–Crippen MR) is 85.8 cm³/mol. The number of aliphatic hydroxyl groups excluding tert-OH is 5. The zero-order valence-electron chi connectivity index (χ0n) is 13.5. The molecule has 25 heavy (non-hydrogen) atoms. The summed E-state index contributed by atoms with van der Waals surface area (Å²) in [6.45, 7) is -1.43. The van der Waals surface area contributed by atoms with Gasteiger partial charge in [-0.1, -0.05) is 6.07 Å². The standard InChI is InChI=1S/C16H22O9/c1-24-13-6-9(2-4-10(13)18)3-5-14(21)25-8-12(20)16(23)15(22)11(19)7-17/h2-6,11-12,15-20,22-23H,7-8H2,1H3/t11-,12+,15-,16-/m1/s1. The third kappa shape index (κ3) is 6.33. The van der Waals surface area contributed by atoms with Gasteiger partial charge in [0.2, 0.25) is 0 Å². The smallest absolute Gasteiger partial charge is 0.330 e. The second-order valence-electron chi connectivity index (χ2n) is 5.19. The van der Waals surface area contributed by atoms with Gasteiger partial charge in [0.05, 0.1) is 13.7 Å². The molecule has 0 aliphatic carbocycles. The highest BCUT2D eigenvalue weighted by Gasteiger charge is 2.30. The topological polar surface area (TPSA) is 157 Å². The van der Waals surface area contributed by atoms with E-state index < -0.39 is 43.6 Å². The lowest BCUT2D eigenvalue weighted by Crippen LogP contribution is -2.47. The van der Waals surface area contributed by atoms with Crippen LogP contribution in [-0.4, -0.2) is 81.3 Å². The summed E-state index contributed by atoms with van der Waals surface area (Å²) in [5.41, 5.74) is 0.550. The molecule has 0 saturated heterocycles. The molecular weight excluding hydrogens is 336 g/mol. The van der Waals surface area contributed by atoms with Crippen molar-refractivity contribution in [2.75, 3.05) is 20.3 Å². The molecule has 1 aromatic carbocycles. The van der Waals surface area contributed by atoms with Crippen molar-refractivity contribution in [1.29, 1.82) is 0 Å². The fraction of sp³-hybridized carbons (Fsp3) is 0.438. The highest BCUT2D eigenvalue weighted by Crippen LogP contribution is 2.26. The molecule has 0 bridgehead atoms. The normalized spacial score (nSPS) is 16.2. The van der Waals surface area contributed by atoms with Crippen molar-refractivity contribution in [3.8, 4) is 11.5 Å². The van der Waals surface area contributed by atoms with E-state index in [9.17, 15) is 30.3 Å². The number of ether oxygens (including phenoxy) is 2. The lowest BCUT2D eigenvalue weighted by atomic mass is 10.0. The van der Waals surface area contributed by atoms with Gasteiger partial charge < -0.3 is 40.1 Å². The fourth-order valence-electron chi connectivity index (χ4n) is 1.84. The molecule has 0 fully saturated rings. The number of aromatic hydroxyl groups is 1. The zero-order chi connectivity index (χ0) is 19.0. The predicted octanol–water partition coefficient (Wildman–Crippen LogP) is -1.61. The number of hydrogen-bond donors (Lipinski definition) is 6. The highest BCUT2D eigenvalue weighted by molar-refractivity contribution is 5.87. The summed E-state index contributed by atoms with van der Waals surface area (Å²) in [5.74, 6) is -0.649. The van der Waals surface area contributed by atoms with Crippen LogP contribution in [0.4, 0.5) is 0 Å². The Morgan fingerprint density at radius 2 is 1.80 bits per heavy atom. The second-order valence-corrected chi connectivity index (χ2v) is 5.19. The summed E-state index contributed by atoms with van der Waals surface area (Å²) in [7, 11) is 1.38. The maximum absolute atomic E-state index is 11.6. The van der Waals surface area contributed by atoms with Gasteiger partial charge in [-0.2, -0.15) is 0 Å². The Balaban J connectivity index is 2.54. The van der Waals surface area contributed by atoms with Gasteiger partial charge in [-0.3, -0.25) is 0 Å². The van der Waals surface area contributed by atoms with Gasteiger partial charge >= 0.3 is 5.97 Å². The monoisotopic (exact) mass is 358 g/mol. The zero-order valence-corrected chi connectivity index (χ0v) is 13.5. The Kier molecular flexibility index (Phi) is 8.32. The Bertz CT molecular complexity index is 587. The second kappa shape index (κ2) is 9.97.